The third kappa shape index (κ3) is 5.01. The Morgan fingerprint density at radius 2 is 1.03 bits per heavy atom. The van der Waals surface area contributed by atoms with Crippen molar-refractivity contribution in [1.29, 1.82) is 0 Å². The molecule has 4 aromatic carbocycles. The highest BCUT2D eigenvalue weighted by molar-refractivity contribution is 7.02. The fraction of sp³-hybridized carbons (Fsp3) is 0.314. The summed E-state index contributed by atoms with van der Waals surface area (Å²) < 4.78 is 27.0. The lowest BCUT2D eigenvalue weighted by molar-refractivity contribution is 0.216. The van der Waals surface area contributed by atoms with Crippen LogP contribution in [0.25, 0.3) is 11.1 Å². The van der Waals surface area contributed by atoms with Crippen molar-refractivity contribution in [3.63, 3.8) is 0 Å². The van der Waals surface area contributed by atoms with Gasteiger partial charge in [0.25, 0.3) is 0 Å². The van der Waals surface area contributed by atoms with Crippen molar-refractivity contribution in [1.82, 2.24) is 0 Å². The SMILES string of the molecule is Fc1ccc(-c2ccc(C3CCC(C4CC[Si](c5ccccc5)(c5ccccc5)CC4)CC3)cc2)cc1F. The molecule has 1 heterocycles. The van der Waals surface area contributed by atoms with Crippen LogP contribution in [0.1, 0.15) is 50.0 Å². The molecule has 0 atom stereocenters. The largest absolute Gasteiger partial charge is 0.204 e. The van der Waals surface area contributed by atoms with Gasteiger partial charge < -0.3 is 0 Å². The van der Waals surface area contributed by atoms with Crippen molar-refractivity contribution in [3.8, 4) is 11.1 Å². The molecule has 1 aliphatic carbocycles. The molecule has 38 heavy (non-hydrogen) atoms. The lowest BCUT2D eigenvalue weighted by Crippen LogP contribution is -2.60. The normalized spacial score (nSPS) is 21.7. The Labute approximate surface area is 226 Å². The Morgan fingerprint density at radius 3 is 1.58 bits per heavy atom. The van der Waals surface area contributed by atoms with Gasteiger partial charge in [0.05, 0.1) is 0 Å². The molecule has 0 N–H and O–H groups in total. The highest BCUT2D eigenvalue weighted by Gasteiger charge is 2.42. The van der Waals surface area contributed by atoms with E-state index in [4.69, 9.17) is 0 Å². The average Bonchev–Trinajstić information content (AvgIpc) is 3.00. The zero-order valence-corrected chi connectivity index (χ0v) is 23.0. The molecule has 0 aromatic heterocycles. The number of hydrogen-bond acceptors (Lipinski definition) is 0. The smallest absolute Gasteiger partial charge is 0.159 e. The third-order valence-corrected chi connectivity index (χ3v) is 14.8. The van der Waals surface area contributed by atoms with Crippen LogP contribution in [-0.2, 0) is 0 Å². The van der Waals surface area contributed by atoms with Crippen LogP contribution in [0, 0.1) is 23.5 Å². The number of benzene rings is 4. The summed E-state index contributed by atoms with van der Waals surface area (Å²) in [6.45, 7) is 0. The van der Waals surface area contributed by atoms with Crippen LogP contribution in [0.3, 0.4) is 0 Å². The van der Waals surface area contributed by atoms with E-state index in [9.17, 15) is 8.78 Å². The minimum Gasteiger partial charge on any atom is -0.204 e. The molecule has 1 saturated carbocycles. The monoisotopic (exact) mass is 522 g/mol. The van der Waals surface area contributed by atoms with E-state index in [1.165, 1.54) is 68.3 Å². The minimum atomic E-state index is -1.69. The average molecular weight is 523 g/mol. The van der Waals surface area contributed by atoms with E-state index in [0.717, 1.165) is 23.0 Å². The van der Waals surface area contributed by atoms with Crippen LogP contribution in [0.4, 0.5) is 8.78 Å². The third-order valence-electron chi connectivity index (χ3n) is 9.61. The summed E-state index contributed by atoms with van der Waals surface area (Å²) in [7, 11) is -1.69. The van der Waals surface area contributed by atoms with Crippen molar-refractivity contribution >= 4 is 18.4 Å². The van der Waals surface area contributed by atoms with Crippen LogP contribution < -0.4 is 10.4 Å². The first-order valence-electron chi connectivity index (χ1n) is 14.3. The molecule has 194 valence electrons. The molecule has 2 aliphatic rings. The van der Waals surface area contributed by atoms with Crippen LogP contribution in [0.2, 0.25) is 12.1 Å². The Balaban J connectivity index is 1.09. The number of rotatable bonds is 5. The molecule has 0 nitrogen and oxygen atoms in total. The molecule has 0 radical (unpaired) electrons. The second-order valence-electron chi connectivity index (χ2n) is 11.5. The Kier molecular flexibility index (Phi) is 7.30. The van der Waals surface area contributed by atoms with Crippen molar-refractivity contribution in [3.05, 3.63) is 120 Å². The van der Waals surface area contributed by atoms with Gasteiger partial charge in [0.1, 0.15) is 8.07 Å². The van der Waals surface area contributed by atoms with Gasteiger partial charge in [-0.1, -0.05) is 114 Å². The quantitative estimate of drug-likeness (QED) is 0.230. The molecule has 3 heteroatoms. The maximum Gasteiger partial charge on any atom is 0.159 e. The van der Waals surface area contributed by atoms with Gasteiger partial charge in [-0.2, -0.15) is 0 Å². The topological polar surface area (TPSA) is 0 Å². The summed E-state index contributed by atoms with van der Waals surface area (Å²) in [4.78, 5) is 0. The molecule has 0 spiro atoms. The first kappa shape index (κ1) is 25.2. The lowest BCUT2D eigenvalue weighted by atomic mass is 9.72. The molecule has 6 rings (SSSR count). The summed E-state index contributed by atoms with van der Waals surface area (Å²) >= 11 is 0. The van der Waals surface area contributed by atoms with Crippen LogP contribution >= 0.6 is 0 Å². The van der Waals surface area contributed by atoms with E-state index in [0.29, 0.717) is 5.92 Å². The minimum absolute atomic E-state index is 0.607. The number of halogens is 2. The Morgan fingerprint density at radius 1 is 0.500 bits per heavy atom. The van der Waals surface area contributed by atoms with E-state index in [1.807, 2.05) is 0 Å². The maximum absolute atomic E-state index is 13.7. The van der Waals surface area contributed by atoms with Crippen LogP contribution in [0.15, 0.2) is 103 Å². The fourth-order valence-corrected chi connectivity index (χ4v) is 12.5. The first-order valence-corrected chi connectivity index (χ1v) is 16.7. The van der Waals surface area contributed by atoms with Crippen LogP contribution in [-0.4, -0.2) is 8.07 Å². The van der Waals surface area contributed by atoms with Crippen molar-refractivity contribution in [2.45, 2.75) is 56.5 Å². The molecular weight excluding hydrogens is 486 g/mol. The predicted octanol–water partition coefficient (Wildman–Crippen LogP) is 8.58. The zero-order chi connectivity index (χ0) is 26.0. The predicted molar refractivity (Wildman–Crippen MR) is 157 cm³/mol. The van der Waals surface area contributed by atoms with Gasteiger partial charge in [0.15, 0.2) is 11.6 Å². The molecular formula is C35H36F2Si. The lowest BCUT2D eigenvalue weighted by Gasteiger charge is -2.43. The second kappa shape index (κ2) is 11.0. The van der Waals surface area contributed by atoms with Gasteiger partial charge >= 0.3 is 0 Å². The summed E-state index contributed by atoms with van der Waals surface area (Å²) in [5.74, 6) is 0.732. The van der Waals surface area contributed by atoms with E-state index < -0.39 is 19.7 Å². The Bertz CT molecular complexity index is 1290. The van der Waals surface area contributed by atoms with Gasteiger partial charge in [-0.3, -0.25) is 0 Å². The van der Waals surface area contributed by atoms with Gasteiger partial charge in [0.2, 0.25) is 0 Å². The summed E-state index contributed by atoms with van der Waals surface area (Å²) in [6.07, 6.45) is 7.90. The molecule has 4 aromatic rings. The van der Waals surface area contributed by atoms with Crippen molar-refractivity contribution in [2.75, 3.05) is 0 Å². The summed E-state index contributed by atoms with van der Waals surface area (Å²) in [5, 5.41) is 3.22. The summed E-state index contributed by atoms with van der Waals surface area (Å²) in [5.41, 5.74) is 3.05. The van der Waals surface area contributed by atoms with Gasteiger partial charge in [-0.15, -0.1) is 0 Å². The first-order chi connectivity index (χ1) is 18.6. The van der Waals surface area contributed by atoms with Gasteiger partial charge in [-0.05, 0) is 84.3 Å². The number of hydrogen-bond donors (Lipinski definition) is 0. The van der Waals surface area contributed by atoms with E-state index in [1.54, 1.807) is 16.4 Å². The molecule has 2 fully saturated rings. The maximum atomic E-state index is 13.7. The van der Waals surface area contributed by atoms with Crippen molar-refractivity contribution in [2.24, 2.45) is 11.8 Å². The second-order valence-corrected chi connectivity index (χ2v) is 15.8. The van der Waals surface area contributed by atoms with E-state index >= 15 is 0 Å². The molecule has 1 aliphatic heterocycles. The molecule has 0 amide bonds. The van der Waals surface area contributed by atoms with Gasteiger partial charge in [0, 0.05) is 0 Å². The fourth-order valence-electron chi connectivity index (χ4n) is 7.41. The highest BCUT2D eigenvalue weighted by atomic mass is 28.3. The van der Waals surface area contributed by atoms with Gasteiger partial charge in [-0.25, -0.2) is 8.78 Å². The molecule has 0 unspecified atom stereocenters. The molecule has 1 saturated heterocycles. The van der Waals surface area contributed by atoms with Crippen molar-refractivity contribution < 1.29 is 8.78 Å². The van der Waals surface area contributed by atoms with E-state index in [-0.39, 0.29) is 0 Å². The van der Waals surface area contributed by atoms with Crippen LogP contribution in [0.5, 0.6) is 0 Å². The highest BCUT2D eigenvalue weighted by Crippen LogP contribution is 2.45. The Hall–Kier alpha value is -3.04. The summed E-state index contributed by atoms with van der Waals surface area (Å²) in [6, 6.07) is 38.2. The van der Waals surface area contributed by atoms with E-state index in [2.05, 4.69) is 84.9 Å². The standard InChI is InChI=1S/C35H36F2Si/c36-34-20-19-31(25-35(34)37)29-17-15-27(16-18-29)26-11-13-28(14-12-26)30-21-23-38(24-22-30,32-7-3-1-4-8-32)33-9-5-2-6-10-33/h1-10,15-20,25-26,28,30H,11-14,21-24H2. The molecule has 0 bridgehead atoms. The zero-order valence-electron chi connectivity index (χ0n) is 22.0.